The molecule has 1 atom stereocenters. The molecule has 3 rings (SSSR count). The molecule has 0 radical (unpaired) electrons. The van der Waals surface area contributed by atoms with Crippen LogP contribution in [0.2, 0.25) is 0 Å². The SMILES string of the molecule is Cc1cc(OCC2CCOc3ccccc32)c(C)cc1N. The van der Waals surface area contributed by atoms with Gasteiger partial charge in [0.05, 0.1) is 13.2 Å². The number of nitrogen functional groups attached to an aromatic ring is 1. The molecule has 3 nitrogen and oxygen atoms in total. The van der Waals surface area contributed by atoms with Gasteiger partial charge >= 0.3 is 0 Å². The van der Waals surface area contributed by atoms with Crippen molar-refractivity contribution in [3.63, 3.8) is 0 Å². The van der Waals surface area contributed by atoms with Crippen LogP contribution in [0.4, 0.5) is 5.69 Å². The molecule has 0 bridgehead atoms. The fourth-order valence-electron chi connectivity index (χ4n) is 2.75. The summed E-state index contributed by atoms with van der Waals surface area (Å²) in [5, 5.41) is 0. The lowest BCUT2D eigenvalue weighted by atomic mass is 9.94. The summed E-state index contributed by atoms with van der Waals surface area (Å²) in [6.45, 7) is 5.46. The number of aryl methyl sites for hydroxylation is 2. The topological polar surface area (TPSA) is 44.5 Å². The van der Waals surface area contributed by atoms with Crippen molar-refractivity contribution in [1.82, 2.24) is 0 Å². The molecule has 0 aliphatic carbocycles. The molecular weight excluding hydrogens is 262 g/mol. The second kappa shape index (κ2) is 5.68. The maximum absolute atomic E-state index is 6.06. The van der Waals surface area contributed by atoms with Crippen molar-refractivity contribution in [2.45, 2.75) is 26.2 Å². The molecule has 2 aromatic carbocycles. The molecule has 1 aliphatic rings. The molecule has 1 unspecified atom stereocenters. The summed E-state index contributed by atoms with van der Waals surface area (Å²) < 4.78 is 11.8. The molecule has 21 heavy (non-hydrogen) atoms. The van der Waals surface area contributed by atoms with E-state index in [-0.39, 0.29) is 0 Å². The highest BCUT2D eigenvalue weighted by Crippen LogP contribution is 2.34. The standard InChI is InChI=1S/C18H21NO2/c1-12-10-18(13(2)9-16(12)19)21-11-14-7-8-20-17-6-4-3-5-15(14)17/h3-6,9-10,14H,7-8,11,19H2,1-2H3. The van der Waals surface area contributed by atoms with Crippen LogP contribution in [-0.4, -0.2) is 13.2 Å². The van der Waals surface area contributed by atoms with Gasteiger partial charge in [-0.25, -0.2) is 0 Å². The summed E-state index contributed by atoms with van der Waals surface area (Å²) in [5.74, 6) is 2.29. The normalized spacial score (nSPS) is 17.0. The van der Waals surface area contributed by atoms with E-state index >= 15 is 0 Å². The number of hydrogen-bond acceptors (Lipinski definition) is 3. The molecule has 0 saturated heterocycles. The van der Waals surface area contributed by atoms with E-state index in [0.29, 0.717) is 12.5 Å². The van der Waals surface area contributed by atoms with Crippen LogP contribution in [-0.2, 0) is 0 Å². The van der Waals surface area contributed by atoms with E-state index in [1.165, 1.54) is 5.56 Å². The molecule has 0 aromatic heterocycles. The highest BCUT2D eigenvalue weighted by Gasteiger charge is 2.21. The number of anilines is 1. The lowest BCUT2D eigenvalue weighted by Crippen LogP contribution is -2.19. The molecule has 3 heteroatoms. The van der Waals surface area contributed by atoms with Crippen molar-refractivity contribution in [1.29, 1.82) is 0 Å². The van der Waals surface area contributed by atoms with Crippen LogP contribution in [0.1, 0.15) is 29.0 Å². The first-order valence-corrected chi connectivity index (χ1v) is 7.36. The van der Waals surface area contributed by atoms with Crippen LogP contribution in [0, 0.1) is 13.8 Å². The van der Waals surface area contributed by atoms with E-state index in [0.717, 1.165) is 41.3 Å². The third-order valence-corrected chi connectivity index (χ3v) is 4.09. The molecule has 1 heterocycles. The Labute approximate surface area is 125 Å². The minimum Gasteiger partial charge on any atom is -0.493 e. The first-order chi connectivity index (χ1) is 10.1. The van der Waals surface area contributed by atoms with Gasteiger partial charge in [0.2, 0.25) is 0 Å². The fourth-order valence-corrected chi connectivity index (χ4v) is 2.75. The summed E-state index contributed by atoms with van der Waals surface area (Å²) in [7, 11) is 0. The Balaban J connectivity index is 1.76. The van der Waals surface area contributed by atoms with E-state index in [9.17, 15) is 0 Å². The van der Waals surface area contributed by atoms with Gasteiger partial charge in [-0.2, -0.15) is 0 Å². The van der Waals surface area contributed by atoms with Crippen molar-refractivity contribution in [2.75, 3.05) is 18.9 Å². The Kier molecular flexibility index (Phi) is 3.74. The highest BCUT2D eigenvalue weighted by molar-refractivity contribution is 5.53. The van der Waals surface area contributed by atoms with E-state index in [1.807, 2.05) is 38.1 Å². The molecule has 110 valence electrons. The van der Waals surface area contributed by atoms with Gasteiger partial charge in [0, 0.05) is 17.2 Å². The van der Waals surface area contributed by atoms with Gasteiger partial charge in [-0.1, -0.05) is 18.2 Å². The molecule has 0 saturated carbocycles. The van der Waals surface area contributed by atoms with Gasteiger partial charge in [0.25, 0.3) is 0 Å². The Morgan fingerprint density at radius 1 is 1.19 bits per heavy atom. The predicted octanol–water partition coefficient (Wildman–Crippen LogP) is 3.83. The first kappa shape index (κ1) is 13.8. The van der Waals surface area contributed by atoms with Gasteiger partial charge in [0.1, 0.15) is 11.5 Å². The van der Waals surface area contributed by atoms with Crippen molar-refractivity contribution in [3.8, 4) is 11.5 Å². The minimum atomic E-state index is 0.382. The van der Waals surface area contributed by atoms with Crippen LogP contribution < -0.4 is 15.2 Å². The second-order valence-electron chi connectivity index (χ2n) is 5.66. The molecule has 0 amide bonds. The quantitative estimate of drug-likeness (QED) is 0.871. The summed E-state index contributed by atoms with van der Waals surface area (Å²) >= 11 is 0. The average molecular weight is 283 g/mol. The zero-order valence-electron chi connectivity index (χ0n) is 12.6. The van der Waals surface area contributed by atoms with Crippen molar-refractivity contribution >= 4 is 5.69 Å². The number of para-hydroxylation sites is 1. The molecule has 2 N–H and O–H groups in total. The number of rotatable bonds is 3. The lowest BCUT2D eigenvalue weighted by molar-refractivity contribution is 0.217. The number of ether oxygens (including phenoxy) is 2. The summed E-state index contributed by atoms with van der Waals surface area (Å²) in [5.41, 5.74) is 10.1. The third-order valence-electron chi connectivity index (χ3n) is 4.09. The second-order valence-corrected chi connectivity index (χ2v) is 5.66. The Bertz CT molecular complexity index is 652. The van der Waals surface area contributed by atoms with Crippen LogP contribution in [0.15, 0.2) is 36.4 Å². The number of fused-ring (bicyclic) bond motifs is 1. The predicted molar refractivity (Wildman–Crippen MR) is 85.1 cm³/mol. The molecule has 0 fully saturated rings. The Hall–Kier alpha value is -2.16. The van der Waals surface area contributed by atoms with Gasteiger partial charge < -0.3 is 15.2 Å². The zero-order valence-corrected chi connectivity index (χ0v) is 12.6. The molecular formula is C18H21NO2. The van der Waals surface area contributed by atoms with Gasteiger partial charge in [-0.3, -0.25) is 0 Å². The highest BCUT2D eigenvalue weighted by atomic mass is 16.5. The van der Waals surface area contributed by atoms with E-state index < -0.39 is 0 Å². The monoisotopic (exact) mass is 283 g/mol. The number of nitrogens with two attached hydrogens (primary N) is 1. The Morgan fingerprint density at radius 2 is 2.00 bits per heavy atom. The van der Waals surface area contributed by atoms with Crippen LogP contribution in [0.3, 0.4) is 0 Å². The summed E-state index contributed by atoms with van der Waals surface area (Å²) in [4.78, 5) is 0. The molecule has 0 spiro atoms. The van der Waals surface area contributed by atoms with E-state index in [2.05, 4.69) is 12.1 Å². The lowest BCUT2D eigenvalue weighted by Gasteiger charge is -2.26. The van der Waals surface area contributed by atoms with E-state index in [4.69, 9.17) is 15.2 Å². The summed E-state index contributed by atoms with van der Waals surface area (Å²) in [6.07, 6.45) is 0.990. The third kappa shape index (κ3) is 2.82. The van der Waals surface area contributed by atoms with Crippen molar-refractivity contribution in [3.05, 3.63) is 53.1 Å². The van der Waals surface area contributed by atoms with Crippen molar-refractivity contribution in [2.24, 2.45) is 0 Å². The largest absolute Gasteiger partial charge is 0.493 e. The smallest absolute Gasteiger partial charge is 0.122 e. The Morgan fingerprint density at radius 3 is 2.86 bits per heavy atom. The maximum Gasteiger partial charge on any atom is 0.122 e. The van der Waals surface area contributed by atoms with Crippen LogP contribution in [0.25, 0.3) is 0 Å². The molecule has 1 aliphatic heterocycles. The fraction of sp³-hybridized carbons (Fsp3) is 0.333. The molecule has 2 aromatic rings. The van der Waals surface area contributed by atoms with Gasteiger partial charge in [0.15, 0.2) is 0 Å². The van der Waals surface area contributed by atoms with Crippen LogP contribution in [0.5, 0.6) is 11.5 Å². The zero-order chi connectivity index (χ0) is 14.8. The van der Waals surface area contributed by atoms with Crippen molar-refractivity contribution < 1.29 is 9.47 Å². The number of hydrogen-bond donors (Lipinski definition) is 1. The average Bonchev–Trinajstić information content (AvgIpc) is 2.49. The summed E-state index contributed by atoms with van der Waals surface area (Å²) in [6, 6.07) is 12.2. The van der Waals surface area contributed by atoms with Gasteiger partial charge in [-0.15, -0.1) is 0 Å². The first-order valence-electron chi connectivity index (χ1n) is 7.36. The maximum atomic E-state index is 6.06. The minimum absolute atomic E-state index is 0.382. The van der Waals surface area contributed by atoms with Crippen LogP contribution >= 0.6 is 0 Å². The van der Waals surface area contributed by atoms with Gasteiger partial charge in [-0.05, 0) is 49.6 Å². The van der Waals surface area contributed by atoms with E-state index in [1.54, 1.807) is 0 Å². The number of benzene rings is 2.